The van der Waals surface area contributed by atoms with Crippen molar-refractivity contribution in [3.05, 3.63) is 0 Å². The number of hydrogen-bond acceptors (Lipinski definition) is 4. The van der Waals surface area contributed by atoms with E-state index >= 15 is 0 Å². The third kappa shape index (κ3) is 6.97. The van der Waals surface area contributed by atoms with Crippen LogP contribution in [0.2, 0.25) is 0 Å². The zero-order valence-corrected chi connectivity index (χ0v) is 8.21. The minimum absolute atomic E-state index is 0. The van der Waals surface area contributed by atoms with E-state index in [0.29, 0.717) is 0 Å². The van der Waals surface area contributed by atoms with Crippen LogP contribution in [0.5, 0.6) is 0 Å². The normalized spacial score (nSPS) is 10.2. The molecule has 0 saturated carbocycles. The predicted octanol–water partition coefficient (Wildman–Crippen LogP) is -3.26. The molecule has 1 unspecified atom stereocenters. The second-order valence-corrected chi connectivity index (χ2v) is 3.02. The molecule has 0 saturated heterocycles. The van der Waals surface area contributed by atoms with Crippen LogP contribution in [0.1, 0.15) is 13.3 Å². The Morgan fingerprint density at radius 2 is 1.05 bits per heavy atom. The second kappa shape index (κ2) is 14.5. The number of aliphatic carboxylic acids is 4. The molecule has 0 aliphatic carbocycles. The molecule has 12 heteroatoms. The SMILES string of the molecule is CCC(C(=O)O)C(C(=O)O)(C(=O)O)C(=O)O.[NaH].[NaH].[NaH].[NaH]. The van der Waals surface area contributed by atoms with Crippen molar-refractivity contribution in [3.63, 3.8) is 0 Å². The number of carboxylic acid groups (broad SMARTS) is 4. The van der Waals surface area contributed by atoms with Crippen LogP contribution in [0.3, 0.4) is 0 Å². The molecule has 0 fully saturated rings. The van der Waals surface area contributed by atoms with Crippen LogP contribution in [0.15, 0.2) is 0 Å². The summed E-state index contributed by atoms with van der Waals surface area (Å²) in [7, 11) is 0. The number of hydrogen-bond donors (Lipinski definition) is 4. The Hall–Kier alpha value is 1.88. The first kappa shape index (κ1) is 33.5. The molecule has 0 bridgehead atoms. The van der Waals surface area contributed by atoms with Crippen molar-refractivity contribution in [1.29, 1.82) is 0 Å². The maximum atomic E-state index is 10.8. The molecule has 0 spiro atoms. The molecule has 0 radical (unpaired) electrons. The Kier molecular flexibility index (Phi) is 24.2. The molecule has 0 aliphatic heterocycles. The molecule has 0 rings (SSSR count). The molecule has 0 heterocycles. The van der Waals surface area contributed by atoms with E-state index in [1.54, 1.807) is 0 Å². The fourth-order valence-electron chi connectivity index (χ4n) is 1.39. The monoisotopic (exact) mass is 330 g/mol. The molecule has 1 atom stereocenters. The van der Waals surface area contributed by atoms with Crippen LogP contribution in [0.25, 0.3) is 0 Å². The maximum absolute atomic E-state index is 10.8. The van der Waals surface area contributed by atoms with E-state index in [9.17, 15) is 19.2 Å². The zero-order valence-electron chi connectivity index (χ0n) is 8.21. The summed E-state index contributed by atoms with van der Waals surface area (Å²) in [6.07, 6.45) is -0.430. The molecular formula is C8H14Na4O8. The summed E-state index contributed by atoms with van der Waals surface area (Å²) in [5, 5.41) is 34.7. The van der Waals surface area contributed by atoms with Gasteiger partial charge in [0.1, 0.15) is 0 Å². The molecule has 4 N–H and O–H groups in total. The predicted molar refractivity (Wildman–Crippen MR) is 75.4 cm³/mol. The Morgan fingerprint density at radius 3 is 1.10 bits per heavy atom. The van der Waals surface area contributed by atoms with E-state index in [-0.39, 0.29) is 118 Å². The van der Waals surface area contributed by atoms with Crippen LogP contribution < -0.4 is 0 Å². The first-order valence-electron chi connectivity index (χ1n) is 4.15. The standard InChI is InChI=1S/C8H10O8.4Na.4H/c1-2-3(4(9)10)8(5(11)12,6(13)14)7(15)16;;;;;;;;/h3H,2H2,1H3,(H,9,10)(H,11,12)(H,13,14)(H,15,16);;;;;;;;. The van der Waals surface area contributed by atoms with Crippen LogP contribution in [0, 0.1) is 11.3 Å². The molecule has 0 aromatic heterocycles. The van der Waals surface area contributed by atoms with Crippen molar-refractivity contribution < 1.29 is 39.6 Å². The van der Waals surface area contributed by atoms with E-state index in [4.69, 9.17) is 20.4 Å². The average Bonchev–Trinajstić information content (AvgIpc) is 2.10. The van der Waals surface area contributed by atoms with Crippen molar-refractivity contribution >= 4 is 142 Å². The molecule has 0 aliphatic rings. The summed E-state index contributed by atoms with van der Waals surface area (Å²) in [6, 6.07) is 0. The van der Waals surface area contributed by atoms with Gasteiger partial charge < -0.3 is 20.4 Å². The van der Waals surface area contributed by atoms with Gasteiger partial charge in [-0.1, -0.05) is 6.92 Å². The van der Waals surface area contributed by atoms with Gasteiger partial charge in [0.15, 0.2) is 0 Å². The van der Waals surface area contributed by atoms with Gasteiger partial charge in [-0.25, -0.2) is 0 Å². The van der Waals surface area contributed by atoms with E-state index < -0.39 is 41.6 Å². The molecule has 0 aromatic carbocycles. The molecule has 98 valence electrons. The first-order chi connectivity index (χ1) is 7.22. The number of carboxylic acids is 4. The van der Waals surface area contributed by atoms with Gasteiger partial charge >= 0.3 is 142 Å². The molecule has 8 nitrogen and oxygen atoms in total. The first-order valence-corrected chi connectivity index (χ1v) is 4.15. The minimum atomic E-state index is -3.36. The summed E-state index contributed by atoms with van der Waals surface area (Å²) in [5.74, 6) is -10.4. The van der Waals surface area contributed by atoms with Crippen LogP contribution in [-0.2, 0) is 19.2 Å². The van der Waals surface area contributed by atoms with Crippen molar-refractivity contribution in [2.75, 3.05) is 0 Å². The summed E-state index contributed by atoms with van der Waals surface area (Å²) < 4.78 is 0. The van der Waals surface area contributed by atoms with Gasteiger partial charge in [-0.3, -0.25) is 19.2 Å². The third-order valence-corrected chi connectivity index (χ3v) is 2.24. The fraction of sp³-hybridized carbons (Fsp3) is 0.500. The molecule has 20 heavy (non-hydrogen) atoms. The van der Waals surface area contributed by atoms with E-state index in [1.165, 1.54) is 6.92 Å². The molecular weight excluding hydrogens is 316 g/mol. The zero-order chi connectivity index (χ0) is 13.1. The van der Waals surface area contributed by atoms with Gasteiger partial charge in [0.25, 0.3) is 5.41 Å². The number of rotatable bonds is 6. The summed E-state index contributed by atoms with van der Waals surface area (Å²) >= 11 is 0. The van der Waals surface area contributed by atoms with E-state index in [0.717, 1.165) is 0 Å². The topological polar surface area (TPSA) is 149 Å². The van der Waals surface area contributed by atoms with E-state index in [2.05, 4.69) is 0 Å². The summed E-state index contributed by atoms with van der Waals surface area (Å²) in [5.41, 5.74) is -3.36. The average molecular weight is 330 g/mol. The van der Waals surface area contributed by atoms with Gasteiger partial charge in [-0.05, 0) is 6.42 Å². The van der Waals surface area contributed by atoms with Crippen LogP contribution in [0.4, 0.5) is 0 Å². The van der Waals surface area contributed by atoms with Gasteiger partial charge in [0.2, 0.25) is 0 Å². The van der Waals surface area contributed by atoms with Crippen molar-refractivity contribution in [1.82, 2.24) is 0 Å². The van der Waals surface area contributed by atoms with Crippen molar-refractivity contribution in [2.45, 2.75) is 13.3 Å². The van der Waals surface area contributed by atoms with Gasteiger partial charge in [0, 0.05) is 0 Å². The van der Waals surface area contributed by atoms with Crippen LogP contribution in [-0.4, -0.2) is 163 Å². The Balaban J connectivity index is -0.000000187. The summed E-state index contributed by atoms with van der Waals surface area (Å²) in [6.45, 7) is 1.20. The molecule has 0 aromatic rings. The Bertz CT molecular complexity index is 322. The number of carbonyl (C=O) groups is 4. The molecule has 0 amide bonds. The second-order valence-electron chi connectivity index (χ2n) is 3.02. The van der Waals surface area contributed by atoms with Gasteiger partial charge in [0.05, 0.1) is 5.92 Å². The van der Waals surface area contributed by atoms with Crippen molar-refractivity contribution in [3.8, 4) is 0 Å². The quantitative estimate of drug-likeness (QED) is 0.293. The van der Waals surface area contributed by atoms with Crippen molar-refractivity contribution in [2.24, 2.45) is 11.3 Å². The Morgan fingerprint density at radius 1 is 0.800 bits per heavy atom. The van der Waals surface area contributed by atoms with E-state index in [1.807, 2.05) is 0 Å². The van der Waals surface area contributed by atoms with Crippen LogP contribution >= 0.6 is 0 Å². The Labute approximate surface area is 203 Å². The fourth-order valence-corrected chi connectivity index (χ4v) is 1.39. The summed E-state index contributed by atoms with van der Waals surface area (Å²) in [4.78, 5) is 43.1. The van der Waals surface area contributed by atoms with Gasteiger partial charge in [-0.15, -0.1) is 0 Å². The van der Waals surface area contributed by atoms with Gasteiger partial charge in [-0.2, -0.15) is 0 Å². The third-order valence-electron chi connectivity index (χ3n) is 2.24.